The SMILES string of the molecule is C#CCCCCNc1cc(C(N)=O)ccc1[N+](=O)[O-]. The Morgan fingerprint density at radius 1 is 1.47 bits per heavy atom. The molecule has 6 nitrogen and oxygen atoms in total. The average Bonchev–Trinajstić information content (AvgIpc) is 2.38. The topological polar surface area (TPSA) is 98.3 Å². The number of terminal acetylenes is 1. The van der Waals surface area contributed by atoms with Gasteiger partial charge in [0, 0.05) is 24.6 Å². The molecular weight excluding hydrogens is 246 g/mol. The predicted octanol–water partition coefficient (Wildman–Crippen LogP) is 1.91. The Hall–Kier alpha value is -2.55. The Balaban J connectivity index is 2.78. The average molecular weight is 261 g/mol. The lowest BCUT2D eigenvalue weighted by molar-refractivity contribution is -0.384. The van der Waals surface area contributed by atoms with Gasteiger partial charge >= 0.3 is 0 Å². The van der Waals surface area contributed by atoms with Crippen molar-refractivity contribution in [1.82, 2.24) is 0 Å². The van der Waals surface area contributed by atoms with Crippen molar-refractivity contribution in [2.45, 2.75) is 19.3 Å². The van der Waals surface area contributed by atoms with Gasteiger partial charge in [0.15, 0.2) is 0 Å². The lowest BCUT2D eigenvalue weighted by atomic mass is 10.1. The zero-order chi connectivity index (χ0) is 14.3. The van der Waals surface area contributed by atoms with Gasteiger partial charge in [-0.2, -0.15) is 0 Å². The second kappa shape index (κ2) is 7.01. The molecule has 0 heterocycles. The van der Waals surface area contributed by atoms with E-state index < -0.39 is 10.8 Å². The maximum atomic E-state index is 11.1. The van der Waals surface area contributed by atoms with Crippen LogP contribution in [0.25, 0.3) is 0 Å². The lowest BCUT2D eigenvalue weighted by Gasteiger charge is -2.07. The van der Waals surface area contributed by atoms with Crippen molar-refractivity contribution in [3.05, 3.63) is 33.9 Å². The third-order valence-electron chi connectivity index (χ3n) is 2.54. The Morgan fingerprint density at radius 3 is 2.79 bits per heavy atom. The summed E-state index contributed by atoms with van der Waals surface area (Å²) in [5, 5.41) is 13.8. The van der Waals surface area contributed by atoms with Crippen molar-refractivity contribution in [3.63, 3.8) is 0 Å². The Kier molecular flexibility index (Phi) is 5.35. The number of primary amides is 1. The Bertz CT molecular complexity index is 520. The monoisotopic (exact) mass is 261 g/mol. The van der Waals surface area contributed by atoms with Gasteiger partial charge in [-0.25, -0.2) is 0 Å². The highest BCUT2D eigenvalue weighted by atomic mass is 16.6. The van der Waals surface area contributed by atoms with E-state index >= 15 is 0 Å². The highest BCUT2D eigenvalue weighted by Gasteiger charge is 2.15. The quantitative estimate of drug-likeness (QED) is 0.339. The summed E-state index contributed by atoms with van der Waals surface area (Å²) in [4.78, 5) is 21.4. The summed E-state index contributed by atoms with van der Waals surface area (Å²) in [6, 6.07) is 4.00. The molecule has 0 atom stereocenters. The molecule has 3 N–H and O–H groups in total. The van der Waals surface area contributed by atoms with Gasteiger partial charge in [0.05, 0.1) is 4.92 Å². The molecule has 0 unspecified atom stereocenters. The van der Waals surface area contributed by atoms with Crippen molar-refractivity contribution < 1.29 is 9.72 Å². The third kappa shape index (κ3) is 4.32. The van der Waals surface area contributed by atoms with E-state index in [0.717, 1.165) is 12.8 Å². The molecule has 0 spiro atoms. The van der Waals surface area contributed by atoms with Crippen molar-refractivity contribution >= 4 is 17.3 Å². The first-order valence-corrected chi connectivity index (χ1v) is 5.82. The van der Waals surface area contributed by atoms with E-state index in [1.54, 1.807) is 0 Å². The first-order valence-electron chi connectivity index (χ1n) is 5.82. The molecule has 0 bridgehead atoms. The number of rotatable bonds is 7. The molecular formula is C13H15N3O3. The number of carbonyl (C=O) groups is 1. The molecule has 0 saturated heterocycles. The molecule has 1 amide bonds. The van der Waals surface area contributed by atoms with Crippen LogP contribution in [0.2, 0.25) is 0 Å². The summed E-state index contributed by atoms with van der Waals surface area (Å²) in [6.45, 7) is 0.546. The molecule has 0 aromatic heterocycles. The van der Waals surface area contributed by atoms with E-state index in [1.807, 2.05) is 0 Å². The number of anilines is 1. The number of nitrogens with zero attached hydrogens (tertiary/aromatic N) is 1. The lowest BCUT2D eigenvalue weighted by Crippen LogP contribution is -2.12. The number of hydrogen-bond donors (Lipinski definition) is 2. The van der Waals surface area contributed by atoms with Gasteiger partial charge in [0.1, 0.15) is 5.69 Å². The second-order valence-electron chi connectivity index (χ2n) is 3.94. The summed E-state index contributed by atoms with van der Waals surface area (Å²) in [6.07, 6.45) is 7.43. The Labute approximate surface area is 111 Å². The van der Waals surface area contributed by atoms with E-state index in [2.05, 4.69) is 11.2 Å². The molecule has 1 aromatic rings. The van der Waals surface area contributed by atoms with Gasteiger partial charge in [0.2, 0.25) is 5.91 Å². The first kappa shape index (κ1) is 14.5. The number of hydrogen-bond acceptors (Lipinski definition) is 4. The summed E-state index contributed by atoms with van der Waals surface area (Å²) in [5.74, 6) is 1.90. The van der Waals surface area contributed by atoms with Crippen LogP contribution in [0.4, 0.5) is 11.4 Å². The number of amides is 1. The van der Waals surface area contributed by atoms with Crippen LogP contribution < -0.4 is 11.1 Å². The van der Waals surface area contributed by atoms with E-state index in [-0.39, 0.29) is 11.3 Å². The molecule has 19 heavy (non-hydrogen) atoms. The zero-order valence-electron chi connectivity index (χ0n) is 10.4. The molecule has 0 radical (unpaired) electrons. The summed E-state index contributed by atoms with van der Waals surface area (Å²) >= 11 is 0. The summed E-state index contributed by atoms with van der Waals surface area (Å²) < 4.78 is 0. The molecule has 1 rings (SSSR count). The smallest absolute Gasteiger partial charge is 0.292 e. The molecule has 0 fully saturated rings. The maximum absolute atomic E-state index is 11.1. The number of unbranched alkanes of at least 4 members (excludes halogenated alkanes) is 2. The van der Waals surface area contributed by atoms with Gasteiger partial charge in [-0.1, -0.05) is 0 Å². The van der Waals surface area contributed by atoms with Crippen LogP contribution in [0.15, 0.2) is 18.2 Å². The van der Waals surface area contributed by atoms with Crippen LogP contribution >= 0.6 is 0 Å². The minimum Gasteiger partial charge on any atom is -0.379 e. The largest absolute Gasteiger partial charge is 0.379 e. The minimum absolute atomic E-state index is 0.0815. The van der Waals surface area contributed by atoms with Crippen molar-refractivity contribution in [2.24, 2.45) is 5.73 Å². The number of nitrogens with two attached hydrogens (primary N) is 1. The number of nitro groups is 1. The normalized spacial score (nSPS) is 9.63. The van der Waals surface area contributed by atoms with Crippen LogP contribution in [-0.4, -0.2) is 17.4 Å². The highest BCUT2D eigenvalue weighted by molar-refractivity contribution is 5.94. The summed E-state index contributed by atoms with van der Waals surface area (Å²) in [7, 11) is 0. The van der Waals surface area contributed by atoms with E-state index in [4.69, 9.17) is 12.2 Å². The fraction of sp³-hybridized carbons (Fsp3) is 0.308. The maximum Gasteiger partial charge on any atom is 0.292 e. The molecule has 0 aliphatic heterocycles. The first-order chi connectivity index (χ1) is 9.06. The van der Waals surface area contributed by atoms with Crippen LogP contribution in [0.1, 0.15) is 29.6 Å². The van der Waals surface area contributed by atoms with E-state index in [9.17, 15) is 14.9 Å². The Morgan fingerprint density at radius 2 is 2.21 bits per heavy atom. The van der Waals surface area contributed by atoms with Crippen LogP contribution in [-0.2, 0) is 0 Å². The molecule has 0 aliphatic rings. The van der Waals surface area contributed by atoms with Gasteiger partial charge < -0.3 is 11.1 Å². The fourth-order valence-electron chi connectivity index (χ4n) is 1.57. The van der Waals surface area contributed by atoms with E-state index in [0.29, 0.717) is 18.7 Å². The van der Waals surface area contributed by atoms with Crippen molar-refractivity contribution in [2.75, 3.05) is 11.9 Å². The molecule has 0 aliphatic carbocycles. The van der Waals surface area contributed by atoms with Gasteiger partial charge in [-0.3, -0.25) is 14.9 Å². The van der Waals surface area contributed by atoms with Crippen LogP contribution in [0.3, 0.4) is 0 Å². The van der Waals surface area contributed by atoms with Gasteiger partial charge in [-0.05, 0) is 25.0 Å². The minimum atomic E-state index is -0.620. The van der Waals surface area contributed by atoms with Crippen LogP contribution in [0.5, 0.6) is 0 Å². The molecule has 6 heteroatoms. The fourth-order valence-corrected chi connectivity index (χ4v) is 1.57. The predicted molar refractivity (Wildman–Crippen MR) is 72.8 cm³/mol. The zero-order valence-corrected chi connectivity index (χ0v) is 10.4. The van der Waals surface area contributed by atoms with E-state index in [1.165, 1.54) is 18.2 Å². The summed E-state index contributed by atoms with van der Waals surface area (Å²) in [5.41, 5.74) is 5.59. The molecule has 100 valence electrons. The van der Waals surface area contributed by atoms with Crippen LogP contribution in [0, 0.1) is 22.5 Å². The standard InChI is InChI=1S/C13H15N3O3/c1-2-3-4-5-8-15-11-9-10(13(14)17)6-7-12(11)16(18)19/h1,6-7,9,15H,3-5,8H2,(H2,14,17). The second-order valence-corrected chi connectivity index (χ2v) is 3.94. The third-order valence-corrected chi connectivity index (χ3v) is 2.54. The van der Waals surface area contributed by atoms with Gasteiger partial charge in [-0.15, -0.1) is 12.3 Å². The van der Waals surface area contributed by atoms with Gasteiger partial charge in [0.25, 0.3) is 5.69 Å². The number of carbonyl (C=O) groups excluding carboxylic acids is 1. The number of benzene rings is 1. The van der Waals surface area contributed by atoms with Crippen molar-refractivity contribution in [3.8, 4) is 12.3 Å². The van der Waals surface area contributed by atoms with Crippen molar-refractivity contribution in [1.29, 1.82) is 0 Å². The highest BCUT2D eigenvalue weighted by Crippen LogP contribution is 2.25. The number of nitro benzene ring substituents is 1. The molecule has 1 aromatic carbocycles. The molecule has 0 saturated carbocycles. The number of nitrogens with one attached hydrogen (secondary N) is 1.